The maximum atomic E-state index is 11.3. The van der Waals surface area contributed by atoms with Crippen LogP contribution in [0.15, 0.2) is 24.3 Å². The van der Waals surface area contributed by atoms with E-state index in [2.05, 4.69) is 0 Å². The van der Waals surface area contributed by atoms with Crippen LogP contribution in [-0.4, -0.2) is 17.2 Å². The van der Waals surface area contributed by atoms with E-state index in [0.717, 1.165) is 11.3 Å². The number of carbonyl (C=O) groups excluding carboxylic acids is 1. The van der Waals surface area contributed by atoms with Crippen molar-refractivity contribution in [3.63, 3.8) is 0 Å². The predicted molar refractivity (Wildman–Crippen MR) is 54.0 cm³/mol. The molecule has 3 nitrogen and oxygen atoms in total. The van der Waals surface area contributed by atoms with E-state index >= 15 is 0 Å². The highest BCUT2D eigenvalue weighted by Gasteiger charge is 2.36. The van der Waals surface area contributed by atoms with E-state index < -0.39 is 6.23 Å². The molecule has 3 heteroatoms. The Morgan fingerprint density at radius 3 is 2.71 bits per heavy atom. The second kappa shape index (κ2) is 3.10. The average molecular weight is 191 g/mol. The maximum Gasteiger partial charge on any atom is 0.226 e. The van der Waals surface area contributed by atoms with Gasteiger partial charge in [-0.05, 0) is 11.6 Å². The van der Waals surface area contributed by atoms with Crippen LogP contribution in [0.2, 0.25) is 0 Å². The number of aliphatic hydroxyl groups is 1. The molecular weight excluding hydrogens is 178 g/mol. The van der Waals surface area contributed by atoms with Gasteiger partial charge in [-0.15, -0.1) is 0 Å². The number of hydrogen-bond acceptors (Lipinski definition) is 2. The fourth-order valence-corrected chi connectivity index (χ4v) is 1.97. The van der Waals surface area contributed by atoms with Crippen LogP contribution in [-0.2, 0) is 4.79 Å². The van der Waals surface area contributed by atoms with Gasteiger partial charge in [-0.3, -0.25) is 9.69 Å². The molecular formula is C11H13NO2. The molecule has 1 aliphatic rings. The predicted octanol–water partition coefficient (Wildman–Crippen LogP) is 1.48. The van der Waals surface area contributed by atoms with Crippen LogP contribution < -0.4 is 4.90 Å². The summed E-state index contributed by atoms with van der Waals surface area (Å²) in [4.78, 5) is 12.8. The first-order valence-corrected chi connectivity index (χ1v) is 4.69. The Balaban J connectivity index is 2.53. The summed E-state index contributed by atoms with van der Waals surface area (Å²) in [7, 11) is 0. The first-order chi connectivity index (χ1) is 6.63. The van der Waals surface area contributed by atoms with Gasteiger partial charge in [0, 0.05) is 18.5 Å². The Morgan fingerprint density at radius 1 is 1.43 bits per heavy atom. The zero-order valence-electron chi connectivity index (χ0n) is 8.27. The van der Waals surface area contributed by atoms with Crippen LogP contribution in [0.3, 0.4) is 0 Å². The third kappa shape index (κ3) is 1.13. The van der Waals surface area contributed by atoms with E-state index in [1.54, 1.807) is 0 Å². The Bertz CT molecular complexity index is 375. The molecule has 1 aromatic carbocycles. The molecule has 1 aromatic rings. The molecule has 74 valence electrons. The van der Waals surface area contributed by atoms with Gasteiger partial charge in [0.1, 0.15) is 6.23 Å². The molecule has 0 aromatic heterocycles. The fourth-order valence-electron chi connectivity index (χ4n) is 1.97. The minimum absolute atomic E-state index is 0.00454. The van der Waals surface area contributed by atoms with Crippen molar-refractivity contribution in [1.29, 1.82) is 0 Å². The lowest BCUT2D eigenvalue weighted by molar-refractivity contribution is -0.118. The standard InChI is InChI=1S/C11H13NO2/c1-7-9-5-3-4-6-10(9)12(8(2)13)11(7)14/h3-7,11,14H,1-2H3/t7-,11-/m0/s1. The van der Waals surface area contributed by atoms with Crippen molar-refractivity contribution in [3.8, 4) is 0 Å². The van der Waals surface area contributed by atoms with Crippen molar-refractivity contribution in [3.05, 3.63) is 29.8 Å². The molecule has 0 unspecified atom stereocenters. The highest BCUT2D eigenvalue weighted by Crippen LogP contribution is 2.39. The van der Waals surface area contributed by atoms with Crippen LogP contribution in [0.5, 0.6) is 0 Å². The summed E-state index contributed by atoms with van der Waals surface area (Å²) >= 11 is 0. The third-order valence-electron chi connectivity index (χ3n) is 2.74. The lowest BCUT2D eigenvalue weighted by Gasteiger charge is -2.20. The highest BCUT2D eigenvalue weighted by molar-refractivity contribution is 5.94. The lowest BCUT2D eigenvalue weighted by atomic mass is 10.0. The summed E-state index contributed by atoms with van der Waals surface area (Å²) < 4.78 is 0. The van der Waals surface area contributed by atoms with Crippen molar-refractivity contribution >= 4 is 11.6 Å². The number of para-hydroxylation sites is 1. The molecule has 0 fully saturated rings. The molecule has 2 atom stereocenters. The molecule has 0 spiro atoms. The van der Waals surface area contributed by atoms with Gasteiger partial charge in [0.05, 0.1) is 0 Å². The fraction of sp³-hybridized carbons (Fsp3) is 0.364. The van der Waals surface area contributed by atoms with Gasteiger partial charge < -0.3 is 5.11 Å². The summed E-state index contributed by atoms with van der Waals surface area (Å²) in [5, 5.41) is 9.85. The lowest BCUT2D eigenvalue weighted by Crippen LogP contribution is -2.36. The Morgan fingerprint density at radius 2 is 2.07 bits per heavy atom. The van der Waals surface area contributed by atoms with Crippen molar-refractivity contribution < 1.29 is 9.90 Å². The van der Waals surface area contributed by atoms with E-state index in [9.17, 15) is 9.90 Å². The Hall–Kier alpha value is -1.35. The first-order valence-electron chi connectivity index (χ1n) is 4.69. The zero-order valence-corrected chi connectivity index (χ0v) is 8.27. The second-order valence-corrected chi connectivity index (χ2v) is 3.65. The number of carbonyl (C=O) groups is 1. The summed E-state index contributed by atoms with van der Waals surface area (Å²) in [5.74, 6) is -0.121. The van der Waals surface area contributed by atoms with Gasteiger partial charge in [-0.1, -0.05) is 25.1 Å². The molecule has 2 rings (SSSR count). The Kier molecular flexibility index (Phi) is 2.04. The monoisotopic (exact) mass is 191 g/mol. The van der Waals surface area contributed by atoms with E-state index in [4.69, 9.17) is 0 Å². The van der Waals surface area contributed by atoms with Crippen molar-refractivity contribution in [2.75, 3.05) is 4.90 Å². The number of rotatable bonds is 0. The largest absolute Gasteiger partial charge is 0.372 e. The van der Waals surface area contributed by atoms with E-state index in [-0.39, 0.29) is 11.8 Å². The van der Waals surface area contributed by atoms with Crippen LogP contribution in [0.1, 0.15) is 25.3 Å². The van der Waals surface area contributed by atoms with Gasteiger partial charge in [0.2, 0.25) is 5.91 Å². The maximum absolute atomic E-state index is 11.3. The molecule has 1 N–H and O–H groups in total. The number of hydrogen-bond donors (Lipinski definition) is 1. The average Bonchev–Trinajstić information content (AvgIpc) is 2.41. The van der Waals surface area contributed by atoms with Crippen LogP contribution in [0.25, 0.3) is 0 Å². The van der Waals surface area contributed by atoms with Crippen molar-refractivity contribution in [2.24, 2.45) is 0 Å². The van der Waals surface area contributed by atoms with Gasteiger partial charge in [-0.25, -0.2) is 0 Å². The smallest absolute Gasteiger partial charge is 0.226 e. The number of anilines is 1. The quantitative estimate of drug-likeness (QED) is 0.674. The molecule has 14 heavy (non-hydrogen) atoms. The molecule has 0 saturated carbocycles. The third-order valence-corrected chi connectivity index (χ3v) is 2.74. The minimum atomic E-state index is -0.718. The first kappa shape index (κ1) is 9.21. The van der Waals surface area contributed by atoms with Crippen molar-refractivity contribution in [2.45, 2.75) is 26.0 Å². The number of fused-ring (bicyclic) bond motifs is 1. The topological polar surface area (TPSA) is 40.5 Å². The normalized spacial score (nSPS) is 24.9. The summed E-state index contributed by atoms with van der Waals surface area (Å²) in [6.45, 7) is 3.39. The number of benzene rings is 1. The molecule has 0 radical (unpaired) electrons. The summed E-state index contributed by atoms with van der Waals surface area (Å²) in [5.41, 5.74) is 1.87. The number of nitrogens with zero attached hydrogens (tertiary/aromatic N) is 1. The SMILES string of the molecule is CC(=O)N1c2ccccc2[C@H](C)[C@@H]1O. The van der Waals surface area contributed by atoms with Crippen LogP contribution >= 0.6 is 0 Å². The number of amides is 1. The van der Waals surface area contributed by atoms with E-state index in [0.29, 0.717) is 0 Å². The zero-order chi connectivity index (χ0) is 10.3. The summed E-state index contributed by atoms with van der Waals surface area (Å²) in [6.07, 6.45) is -0.718. The summed E-state index contributed by atoms with van der Waals surface area (Å²) in [6, 6.07) is 7.61. The van der Waals surface area contributed by atoms with E-state index in [1.807, 2.05) is 31.2 Å². The molecule has 0 aliphatic carbocycles. The second-order valence-electron chi connectivity index (χ2n) is 3.65. The highest BCUT2D eigenvalue weighted by atomic mass is 16.3. The molecule has 1 amide bonds. The number of aliphatic hydroxyl groups excluding tert-OH is 1. The van der Waals surface area contributed by atoms with Crippen molar-refractivity contribution in [1.82, 2.24) is 0 Å². The van der Waals surface area contributed by atoms with Crippen LogP contribution in [0.4, 0.5) is 5.69 Å². The molecule has 1 heterocycles. The minimum Gasteiger partial charge on any atom is -0.372 e. The molecule has 0 bridgehead atoms. The molecule has 1 aliphatic heterocycles. The Labute approximate surface area is 83.0 Å². The van der Waals surface area contributed by atoms with Gasteiger partial charge in [0.25, 0.3) is 0 Å². The molecule has 0 saturated heterocycles. The van der Waals surface area contributed by atoms with Gasteiger partial charge in [-0.2, -0.15) is 0 Å². The van der Waals surface area contributed by atoms with Gasteiger partial charge >= 0.3 is 0 Å². The van der Waals surface area contributed by atoms with E-state index in [1.165, 1.54) is 11.8 Å². The van der Waals surface area contributed by atoms with Gasteiger partial charge in [0.15, 0.2) is 0 Å². The van der Waals surface area contributed by atoms with Crippen LogP contribution in [0, 0.1) is 0 Å².